The minimum absolute atomic E-state index is 0.133. The van der Waals surface area contributed by atoms with E-state index in [2.05, 4.69) is 10.5 Å². The molecular formula is C21H20N2O2S. The van der Waals surface area contributed by atoms with Gasteiger partial charge in [-0.2, -0.15) is 5.10 Å². The molecule has 0 fully saturated rings. The van der Waals surface area contributed by atoms with Gasteiger partial charge in [0.05, 0.1) is 11.5 Å². The summed E-state index contributed by atoms with van der Waals surface area (Å²) in [6, 6.07) is 21.2. The van der Waals surface area contributed by atoms with Gasteiger partial charge in [0.1, 0.15) is 5.75 Å². The lowest BCUT2D eigenvalue weighted by Crippen LogP contribution is -2.27. The highest BCUT2D eigenvalue weighted by molar-refractivity contribution is 7.99. The fourth-order valence-corrected chi connectivity index (χ4v) is 3.38. The van der Waals surface area contributed by atoms with Gasteiger partial charge in [-0.25, -0.2) is 5.43 Å². The Kier molecular flexibility index (Phi) is 5.92. The van der Waals surface area contributed by atoms with E-state index in [1.54, 1.807) is 17.8 Å². The number of carbonyl (C=O) groups is 1. The van der Waals surface area contributed by atoms with Crippen LogP contribution in [0.1, 0.15) is 18.1 Å². The number of thioether (sulfide) groups is 1. The summed E-state index contributed by atoms with van der Waals surface area (Å²) in [7, 11) is 0. The molecule has 2 N–H and O–H groups in total. The number of hydrazone groups is 1. The number of hydrogen-bond acceptors (Lipinski definition) is 4. The summed E-state index contributed by atoms with van der Waals surface area (Å²) in [5, 5.41) is 15.8. The second-order valence-electron chi connectivity index (χ2n) is 5.89. The van der Waals surface area contributed by atoms with Crippen LogP contribution in [0, 0.1) is 0 Å². The molecule has 0 aliphatic rings. The molecule has 0 heterocycles. The van der Waals surface area contributed by atoms with Gasteiger partial charge in [-0.05, 0) is 29.3 Å². The van der Waals surface area contributed by atoms with E-state index < -0.39 is 0 Å². The minimum Gasteiger partial charge on any atom is -0.507 e. The molecule has 0 saturated heterocycles. The molecule has 132 valence electrons. The van der Waals surface area contributed by atoms with Gasteiger partial charge in [0.15, 0.2) is 0 Å². The molecule has 0 bridgehead atoms. The fraction of sp³-hybridized carbons (Fsp3) is 0.143. The summed E-state index contributed by atoms with van der Waals surface area (Å²) in [5.74, 6) is 0.735. The van der Waals surface area contributed by atoms with E-state index in [4.69, 9.17) is 0 Å². The Morgan fingerprint density at radius 3 is 2.65 bits per heavy atom. The van der Waals surface area contributed by atoms with Gasteiger partial charge in [-0.3, -0.25) is 4.79 Å². The van der Waals surface area contributed by atoms with Crippen LogP contribution in [0.3, 0.4) is 0 Å². The largest absolute Gasteiger partial charge is 0.507 e. The molecule has 3 rings (SSSR count). The van der Waals surface area contributed by atoms with E-state index in [1.165, 1.54) is 11.8 Å². The summed E-state index contributed by atoms with van der Waals surface area (Å²) >= 11 is 1.55. The van der Waals surface area contributed by atoms with E-state index in [-0.39, 0.29) is 16.9 Å². The Morgan fingerprint density at radius 2 is 1.85 bits per heavy atom. The smallest absolute Gasteiger partial charge is 0.252 e. The van der Waals surface area contributed by atoms with Crippen molar-refractivity contribution in [1.82, 2.24) is 5.43 Å². The van der Waals surface area contributed by atoms with E-state index in [0.717, 1.165) is 16.5 Å². The van der Waals surface area contributed by atoms with Gasteiger partial charge >= 0.3 is 0 Å². The lowest BCUT2D eigenvalue weighted by molar-refractivity contribution is -0.120. The number of phenolic OH excluding ortho intramolecular Hbond substituents is 1. The van der Waals surface area contributed by atoms with Gasteiger partial charge < -0.3 is 5.11 Å². The minimum atomic E-state index is -0.228. The van der Waals surface area contributed by atoms with Gasteiger partial charge in [-0.15, -0.1) is 11.8 Å². The number of amides is 1. The Balaban J connectivity index is 1.61. The number of carbonyl (C=O) groups excluding carboxylic acids is 1. The summed E-state index contributed by atoms with van der Waals surface area (Å²) in [4.78, 5) is 12.2. The van der Waals surface area contributed by atoms with Crippen LogP contribution in [0.25, 0.3) is 10.8 Å². The maximum Gasteiger partial charge on any atom is 0.252 e. The predicted octanol–water partition coefficient (Wildman–Crippen LogP) is 4.32. The number of aromatic hydroxyl groups is 1. The van der Waals surface area contributed by atoms with Crippen molar-refractivity contribution < 1.29 is 9.90 Å². The van der Waals surface area contributed by atoms with Crippen molar-refractivity contribution >= 4 is 34.7 Å². The monoisotopic (exact) mass is 364 g/mol. The zero-order valence-electron chi connectivity index (χ0n) is 14.4. The quantitative estimate of drug-likeness (QED) is 0.506. The Morgan fingerprint density at radius 1 is 1.12 bits per heavy atom. The van der Waals surface area contributed by atoms with Gasteiger partial charge in [0.25, 0.3) is 5.91 Å². The van der Waals surface area contributed by atoms with Crippen LogP contribution in [-0.4, -0.2) is 22.5 Å². The van der Waals surface area contributed by atoms with Crippen LogP contribution in [-0.2, 0) is 10.5 Å². The maximum atomic E-state index is 12.2. The molecule has 0 saturated carbocycles. The summed E-state index contributed by atoms with van der Waals surface area (Å²) in [6.07, 6.45) is 1.49. The molecule has 0 aromatic heterocycles. The highest BCUT2D eigenvalue weighted by Crippen LogP contribution is 2.25. The van der Waals surface area contributed by atoms with Crippen molar-refractivity contribution in [2.75, 3.05) is 0 Å². The number of fused-ring (bicyclic) bond motifs is 1. The number of phenols is 1. The van der Waals surface area contributed by atoms with Gasteiger partial charge in [0, 0.05) is 11.3 Å². The number of benzene rings is 3. The summed E-state index contributed by atoms with van der Waals surface area (Å²) < 4.78 is 0. The first-order valence-electron chi connectivity index (χ1n) is 8.34. The summed E-state index contributed by atoms with van der Waals surface area (Å²) in [6.45, 7) is 1.86. The van der Waals surface area contributed by atoms with Crippen molar-refractivity contribution in [2.24, 2.45) is 5.10 Å². The van der Waals surface area contributed by atoms with Crippen molar-refractivity contribution in [1.29, 1.82) is 0 Å². The summed E-state index contributed by atoms with van der Waals surface area (Å²) in [5.41, 5.74) is 4.33. The second-order valence-corrected chi connectivity index (χ2v) is 7.22. The zero-order chi connectivity index (χ0) is 18.4. The molecule has 26 heavy (non-hydrogen) atoms. The Bertz CT molecular complexity index is 926. The van der Waals surface area contributed by atoms with Crippen LogP contribution in [0.4, 0.5) is 0 Å². The van der Waals surface area contributed by atoms with E-state index in [0.29, 0.717) is 5.56 Å². The van der Waals surface area contributed by atoms with E-state index in [1.807, 2.05) is 67.6 Å². The molecule has 5 heteroatoms. The Hall–Kier alpha value is -2.79. The average molecular weight is 364 g/mol. The van der Waals surface area contributed by atoms with Crippen LogP contribution < -0.4 is 5.43 Å². The van der Waals surface area contributed by atoms with Crippen molar-refractivity contribution in [2.45, 2.75) is 17.9 Å². The Labute approximate surface area is 156 Å². The van der Waals surface area contributed by atoms with Crippen LogP contribution >= 0.6 is 11.8 Å². The highest BCUT2D eigenvalue weighted by atomic mass is 32.2. The third kappa shape index (κ3) is 4.43. The topological polar surface area (TPSA) is 61.7 Å². The molecule has 1 amide bonds. The van der Waals surface area contributed by atoms with Gasteiger partial charge in [-0.1, -0.05) is 60.7 Å². The van der Waals surface area contributed by atoms with Crippen molar-refractivity contribution in [3.05, 3.63) is 77.9 Å². The highest BCUT2D eigenvalue weighted by Gasteiger charge is 2.12. The molecule has 0 unspecified atom stereocenters. The average Bonchev–Trinajstić information content (AvgIpc) is 2.68. The predicted molar refractivity (Wildman–Crippen MR) is 109 cm³/mol. The first-order valence-corrected chi connectivity index (χ1v) is 9.39. The number of nitrogens with one attached hydrogen (secondary N) is 1. The molecule has 1 atom stereocenters. The van der Waals surface area contributed by atoms with Gasteiger partial charge in [0.2, 0.25) is 0 Å². The fourth-order valence-electron chi connectivity index (χ4n) is 2.54. The maximum absolute atomic E-state index is 12.2. The lowest BCUT2D eigenvalue weighted by atomic mass is 10.0. The molecule has 0 aliphatic carbocycles. The molecule has 3 aromatic carbocycles. The zero-order valence-corrected chi connectivity index (χ0v) is 15.2. The van der Waals surface area contributed by atoms with Crippen LogP contribution in [0.15, 0.2) is 71.8 Å². The number of hydrogen-bond donors (Lipinski definition) is 2. The SMILES string of the molecule is C[C@@H](SCc1ccccc1)C(=O)N/N=C\c1c(O)ccc2ccccc12. The molecule has 0 radical (unpaired) electrons. The van der Waals surface area contributed by atoms with E-state index >= 15 is 0 Å². The van der Waals surface area contributed by atoms with Crippen LogP contribution in [0.2, 0.25) is 0 Å². The van der Waals surface area contributed by atoms with Crippen molar-refractivity contribution in [3.63, 3.8) is 0 Å². The van der Waals surface area contributed by atoms with Crippen molar-refractivity contribution in [3.8, 4) is 5.75 Å². The normalized spacial score (nSPS) is 12.3. The molecular weight excluding hydrogens is 344 g/mol. The van der Waals surface area contributed by atoms with Crippen LogP contribution in [0.5, 0.6) is 5.75 Å². The number of rotatable bonds is 6. The molecule has 3 aromatic rings. The number of nitrogens with zero attached hydrogens (tertiary/aromatic N) is 1. The second kappa shape index (κ2) is 8.54. The first-order chi connectivity index (χ1) is 12.6. The molecule has 4 nitrogen and oxygen atoms in total. The molecule has 0 aliphatic heterocycles. The molecule has 0 spiro atoms. The van der Waals surface area contributed by atoms with E-state index in [9.17, 15) is 9.90 Å². The third-order valence-corrected chi connectivity index (χ3v) is 5.24. The standard InChI is InChI=1S/C21H20N2O2S/c1-15(26-14-16-7-3-2-4-8-16)21(25)23-22-13-19-18-10-6-5-9-17(18)11-12-20(19)24/h2-13,15,24H,14H2,1H3,(H,23,25)/b22-13-/t15-/m1/s1. The first kappa shape index (κ1) is 18.0. The lowest BCUT2D eigenvalue weighted by Gasteiger charge is -2.09. The third-order valence-electron chi connectivity index (χ3n) is 4.03.